The Morgan fingerprint density at radius 2 is 1.32 bits per heavy atom. The molecule has 3 aromatic carbocycles. The van der Waals surface area contributed by atoms with Crippen LogP contribution in [0.5, 0.6) is 11.5 Å². The minimum absolute atomic E-state index is 0.266. The summed E-state index contributed by atoms with van der Waals surface area (Å²) in [5.41, 5.74) is 8.34. The Hall–Kier alpha value is -2.71. The van der Waals surface area contributed by atoms with Gasteiger partial charge in [0.1, 0.15) is 11.5 Å². The molecule has 0 fully saturated rings. The van der Waals surface area contributed by atoms with Gasteiger partial charge in [-0.05, 0) is 59.8 Å². The van der Waals surface area contributed by atoms with Crippen LogP contribution in [0.1, 0.15) is 131 Å². The first-order valence-corrected chi connectivity index (χ1v) is 17.9. The van der Waals surface area contributed by atoms with E-state index in [9.17, 15) is 10.2 Å². The number of hydrogen-bond donors (Lipinski definition) is 2. The van der Waals surface area contributed by atoms with Crippen molar-refractivity contribution in [2.24, 2.45) is 11.8 Å². The highest BCUT2D eigenvalue weighted by Gasteiger charge is 2.30. The van der Waals surface area contributed by atoms with Crippen molar-refractivity contribution in [2.45, 2.75) is 117 Å². The molecule has 2 atom stereocenters. The van der Waals surface area contributed by atoms with Crippen LogP contribution < -0.4 is 0 Å². The lowest BCUT2D eigenvalue weighted by molar-refractivity contribution is 0.416. The largest absolute Gasteiger partial charge is 0.507 e. The average Bonchev–Trinajstić information content (AvgIpc) is 3.04. The van der Waals surface area contributed by atoms with E-state index in [0.29, 0.717) is 36.1 Å². The Morgan fingerprint density at radius 1 is 0.750 bits per heavy atom. The van der Waals surface area contributed by atoms with Gasteiger partial charge >= 0.3 is 0 Å². The number of phenolic OH excluding ortho intramolecular Hbond substituents is 2. The smallest absolute Gasteiger partial charge is 0.130 e. The molecule has 0 saturated carbocycles. The first-order valence-electron chi connectivity index (χ1n) is 17.4. The molecule has 2 nitrogen and oxygen atoms in total. The molecule has 3 heteroatoms. The number of phenols is 2. The van der Waals surface area contributed by atoms with Crippen molar-refractivity contribution in [1.82, 2.24) is 0 Å². The Morgan fingerprint density at radius 3 is 1.86 bits per heavy atom. The van der Waals surface area contributed by atoms with Gasteiger partial charge in [0.25, 0.3) is 0 Å². The minimum atomic E-state index is 0.266. The second-order valence-electron chi connectivity index (χ2n) is 13.3. The molecule has 0 heterocycles. The van der Waals surface area contributed by atoms with Crippen LogP contribution in [0.15, 0.2) is 66.2 Å². The molecule has 0 radical (unpaired) electrons. The molecule has 1 aliphatic carbocycles. The summed E-state index contributed by atoms with van der Waals surface area (Å²) in [5, 5.41) is 24.6. The van der Waals surface area contributed by atoms with Gasteiger partial charge in [0.15, 0.2) is 0 Å². The van der Waals surface area contributed by atoms with E-state index < -0.39 is 0 Å². The fourth-order valence-corrected chi connectivity index (χ4v) is 7.47. The number of aromatic hydroxyl groups is 2. The van der Waals surface area contributed by atoms with Gasteiger partial charge < -0.3 is 10.2 Å². The van der Waals surface area contributed by atoms with E-state index >= 15 is 0 Å². The number of hydrogen-bond acceptors (Lipinski definition) is 2. The number of allylic oxidation sites excluding steroid dienone is 2. The summed E-state index contributed by atoms with van der Waals surface area (Å²) >= 11 is 6.58. The monoisotopic (exact) mass is 614 g/mol. The van der Waals surface area contributed by atoms with Gasteiger partial charge in [0.2, 0.25) is 0 Å². The molecule has 0 spiro atoms. The van der Waals surface area contributed by atoms with Crippen molar-refractivity contribution in [3.05, 3.63) is 99.6 Å². The molecule has 2 unspecified atom stereocenters. The number of unbranched alkanes of at least 4 members (excludes halogenated alkanes) is 5. The lowest BCUT2D eigenvalue weighted by atomic mass is 9.76. The van der Waals surface area contributed by atoms with E-state index in [4.69, 9.17) is 11.6 Å². The van der Waals surface area contributed by atoms with Gasteiger partial charge in [0, 0.05) is 29.8 Å². The number of benzene rings is 3. The van der Waals surface area contributed by atoms with Crippen LogP contribution in [0.2, 0.25) is 0 Å². The van der Waals surface area contributed by atoms with Crippen LogP contribution in [0, 0.1) is 11.8 Å². The van der Waals surface area contributed by atoms with Crippen LogP contribution in [-0.4, -0.2) is 16.1 Å². The number of alkyl halides is 1. The van der Waals surface area contributed by atoms with Crippen LogP contribution in [0.25, 0.3) is 5.57 Å². The molecule has 0 bridgehead atoms. The third kappa shape index (κ3) is 9.16. The minimum Gasteiger partial charge on any atom is -0.507 e. The topological polar surface area (TPSA) is 40.5 Å². The summed E-state index contributed by atoms with van der Waals surface area (Å²) in [5.74, 6) is 1.98. The zero-order valence-corrected chi connectivity index (χ0v) is 28.3. The zero-order chi connectivity index (χ0) is 31.3. The fraction of sp³-hybridized carbons (Fsp3) is 0.512. The van der Waals surface area contributed by atoms with E-state index in [2.05, 4.69) is 69.3 Å². The van der Waals surface area contributed by atoms with Crippen LogP contribution >= 0.6 is 11.6 Å². The second-order valence-corrected chi connectivity index (χ2v) is 13.6. The third-order valence-electron chi connectivity index (χ3n) is 9.78. The maximum atomic E-state index is 12.3. The van der Waals surface area contributed by atoms with E-state index in [1.54, 1.807) is 0 Å². The van der Waals surface area contributed by atoms with Gasteiger partial charge in [0.05, 0.1) is 5.56 Å². The lowest BCUT2D eigenvalue weighted by Crippen LogP contribution is -2.14. The lowest BCUT2D eigenvalue weighted by Gasteiger charge is -2.30. The Kier molecular flexibility index (Phi) is 13.7. The molecule has 44 heavy (non-hydrogen) atoms. The highest BCUT2D eigenvalue weighted by molar-refractivity contribution is 6.20. The standard InChI is InChI=1S/C41H55ClO2/c1-4-6-8-9-12-17-30(3)25-36-37(27-31-19-13-10-14-20-31)40(43)39(41(44)38(36)28-32-21-15-11-16-22-32)35-26-33(18-7-5-2)23-24-34(35)29-42/h10-11,13-16,19-22,30,33,43-44H,4-9,12,17-18,23-29H2,1-3H3. The molecule has 0 saturated heterocycles. The number of rotatable bonds is 17. The van der Waals surface area contributed by atoms with Crippen LogP contribution in [0.3, 0.4) is 0 Å². The summed E-state index contributed by atoms with van der Waals surface area (Å²) in [6, 6.07) is 21.0. The molecular weight excluding hydrogens is 560 g/mol. The summed E-state index contributed by atoms with van der Waals surface area (Å²) in [6.45, 7) is 6.85. The molecule has 1 aliphatic rings. The zero-order valence-electron chi connectivity index (χ0n) is 27.5. The van der Waals surface area contributed by atoms with Gasteiger partial charge in [-0.3, -0.25) is 0 Å². The average molecular weight is 615 g/mol. The SMILES string of the molecule is CCCCCCCC(C)Cc1c(Cc2ccccc2)c(O)c(C2=C(CCl)CCC(CCCC)C2)c(O)c1Cc1ccccc1. The van der Waals surface area contributed by atoms with Crippen molar-refractivity contribution in [2.75, 3.05) is 5.88 Å². The van der Waals surface area contributed by atoms with Crippen LogP contribution in [-0.2, 0) is 19.3 Å². The number of halogens is 1. The molecule has 238 valence electrons. The predicted molar refractivity (Wildman–Crippen MR) is 189 cm³/mol. The molecular formula is C41H55ClO2. The highest BCUT2D eigenvalue weighted by atomic mass is 35.5. The van der Waals surface area contributed by atoms with Crippen molar-refractivity contribution >= 4 is 17.2 Å². The van der Waals surface area contributed by atoms with Crippen molar-refractivity contribution in [3.63, 3.8) is 0 Å². The van der Waals surface area contributed by atoms with Crippen molar-refractivity contribution in [1.29, 1.82) is 0 Å². The van der Waals surface area contributed by atoms with Crippen molar-refractivity contribution < 1.29 is 10.2 Å². The van der Waals surface area contributed by atoms with E-state index in [0.717, 1.165) is 54.4 Å². The summed E-state index contributed by atoms with van der Waals surface area (Å²) in [6.07, 6.45) is 16.2. The Labute approximate surface area is 272 Å². The predicted octanol–water partition coefficient (Wildman–Crippen LogP) is 11.8. The maximum Gasteiger partial charge on any atom is 0.130 e. The molecule has 4 rings (SSSR count). The Balaban J connectivity index is 1.85. The normalized spacial score (nSPS) is 16.0. The van der Waals surface area contributed by atoms with Gasteiger partial charge in [-0.15, -0.1) is 11.6 Å². The van der Waals surface area contributed by atoms with E-state index in [1.165, 1.54) is 68.1 Å². The molecule has 0 amide bonds. The fourth-order valence-electron chi connectivity index (χ4n) is 7.17. The van der Waals surface area contributed by atoms with Crippen molar-refractivity contribution in [3.8, 4) is 11.5 Å². The third-order valence-corrected chi connectivity index (χ3v) is 10.1. The van der Waals surface area contributed by atoms with Crippen LogP contribution in [0.4, 0.5) is 0 Å². The first kappa shape index (κ1) is 34.2. The highest BCUT2D eigenvalue weighted by Crippen LogP contribution is 2.49. The first-order chi connectivity index (χ1) is 21.5. The quantitative estimate of drug-likeness (QED) is 0.117. The maximum absolute atomic E-state index is 12.3. The van der Waals surface area contributed by atoms with Gasteiger partial charge in [-0.1, -0.05) is 145 Å². The van der Waals surface area contributed by atoms with E-state index in [-0.39, 0.29) is 11.5 Å². The van der Waals surface area contributed by atoms with E-state index in [1.807, 2.05) is 12.1 Å². The molecule has 0 aromatic heterocycles. The summed E-state index contributed by atoms with van der Waals surface area (Å²) in [4.78, 5) is 0. The summed E-state index contributed by atoms with van der Waals surface area (Å²) in [7, 11) is 0. The second kappa shape index (κ2) is 17.7. The molecule has 3 aromatic rings. The van der Waals surface area contributed by atoms with Gasteiger partial charge in [-0.2, -0.15) is 0 Å². The molecule has 0 aliphatic heterocycles. The molecule has 2 N–H and O–H groups in total. The summed E-state index contributed by atoms with van der Waals surface area (Å²) < 4.78 is 0. The van der Waals surface area contributed by atoms with Gasteiger partial charge in [-0.25, -0.2) is 0 Å². The Bertz CT molecular complexity index is 1260.